The maximum atomic E-state index is 13.0. The number of sulfonamides is 1. The zero-order valence-electron chi connectivity index (χ0n) is 16.5. The lowest BCUT2D eigenvalue weighted by Gasteiger charge is -2.39. The molecule has 154 valence electrons. The van der Waals surface area contributed by atoms with Crippen molar-refractivity contribution < 1.29 is 17.9 Å². The number of piperidine rings is 1. The lowest BCUT2D eigenvalue weighted by Crippen LogP contribution is -2.50. The van der Waals surface area contributed by atoms with Crippen molar-refractivity contribution in [3.63, 3.8) is 0 Å². The van der Waals surface area contributed by atoms with Crippen LogP contribution in [0.1, 0.15) is 24.0 Å². The number of hydrogen-bond acceptors (Lipinski definition) is 5. The first-order valence-electron chi connectivity index (χ1n) is 9.60. The quantitative estimate of drug-likeness (QED) is 0.683. The average molecular weight is 433 g/mol. The third kappa shape index (κ3) is 3.89. The topological polar surface area (TPSA) is 66.9 Å². The zero-order chi connectivity index (χ0) is 20.6. The fourth-order valence-corrected chi connectivity index (χ4v) is 5.83. The van der Waals surface area contributed by atoms with E-state index in [2.05, 4.69) is 0 Å². The number of thioether (sulfide) groups is 1. The number of amides is 1. The van der Waals surface area contributed by atoms with Crippen LogP contribution in [0.2, 0.25) is 0 Å². The molecule has 0 aliphatic carbocycles. The second-order valence-electron chi connectivity index (χ2n) is 7.37. The molecule has 0 aromatic heterocycles. The number of nitrogens with zero attached hydrogens (tertiary/aromatic N) is 2. The molecule has 1 amide bonds. The van der Waals surface area contributed by atoms with E-state index in [9.17, 15) is 13.2 Å². The van der Waals surface area contributed by atoms with E-state index in [4.69, 9.17) is 4.74 Å². The molecule has 0 spiro atoms. The number of benzene rings is 2. The first-order valence-corrected chi connectivity index (χ1v) is 12.3. The van der Waals surface area contributed by atoms with Crippen LogP contribution in [0.5, 0.6) is 0 Å². The summed E-state index contributed by atoms with van der Waals surface area (Å²) in [6.45, 7) is 3.05. The number of carbonyl (C=O) groups excluding carboxylic acids is 1. The van der Waals surface area contributed by atoms with Crippen LogP contribution in [0.4, 0.5) is 10.5 Å². The first-order chi connectivity index (χ1) is 13.9. The van der Waals surface area contributed by atoms with E-state index in [1.807, 2.05) is 43.5 Å². The highest BCUT2D eigenvalue weighted by atomic mass is 32.2. The van der Waals surface area contributed by atoms with Gasteiger partial charge in [-0.25, -0.2) is 13.2 Å². The second-order valence-corrected chi connectivity index (χ2v) is 10.2. The Morgan fingerprint density at radius 1 is 1.07 bits per heavy atom. The maximum Gasteiger partial charge on any atom is 0.414 e. The van der Waals surface area contributed by atoms with Crippen molar-refractivity contribution in [2.75, 3.05) is 24.2 Å². The van der Waals surface area contributed by atoms with Gasteiger partial charge in [0, 0.05) is 29.6 Å². The Morgan fingerprint density at radius 3 is 2.41 bits per heavy atom. The molecule has 1 saturated heterocycles. The lowest BCUT2D eigenvalue weighted by molar-refractivity contribution is 0.135. The largest absolute Gasteiger partial charge is 0.444 e. The third-order valence-electron chi connectivity index (χ3n) is 5.53. The van der Waals surface area contributed by atoms with Crippen molar-refractivity contribution in [2.45, 2.75) is 42.2 Å². The van der Waals surface area contributed by atoms with Gasteiger partial charge in [-0.1, -0.05) is 17.7 Å². The molecule has 2 heterocycles. The number of fused-ring (bicyclic) bond motifs is 1. The average Bonchev–Trinajstić information content (AvgIpc) is 2.74. The van der Waals surface area contributed by atoms with Gasteiger partial charge in [0.1, 0.15) is 6.61 Å². The number of cyclic esters (lactones) is 1. The van der Waals surface area contributed by atoms with Crippen LogP contribution in [0, 0.1) is 6.92 Å². The minimum absolute atomic E-state index is 0.0745. The molecular formula is C21H24N2O4S2. The van der Waals surface area contributed by atoms with E-state index >= 15 is 0 Å². The van der Waals surface area contributed by atoms with Crippen LogP contribution in [-0.2, 0) is 21.4 Å². The molecule has 8 heteroatoms. The molecule has 0 unspecified atom stereocenters. The zero-order valence-corrected chi connectivity index (χ0v) is 18.1. The predicted octanol–water partition coefficient (Wildman–Crippen LogP) is 4.03. The summed E-state index contributed by atoms with van der Waals surface area (Å²) in [5.41, 5.74) is 2.99. The van der Waals surface area contributed by atoms with E-state index in [0.29, 0.717) is 30.8 Å². The van der Waals surface area contributed by atoms with Gasteiger partial charge in [-0.15, -0.1) is 11.8 Å². The fourth-order valence-electron chi connectivity index (χ4n) is 3.96. The normalized spacial score (nSPS) is 18.4. The SMILES string of the molecule is CSc1ccc(S(=O)(=O)N2CCC(N3C(=O)OCc4cc(C)ccc43)CC2)cc1. The molecule has 2 aromatic rings. The number of rotatable bonds is 4. The Labute approximate surface area is 175 Å². The molecule has 2 aliphatic heterocycles. The molecule has 2 aliphatic rings. The predicted molar refractivity (Wildman–Crippen MR) is 114 cm³/mol. The molecule has 0 radical (unpaired) electrons. The Balaban J connectivity index is 1.50. The molecule has 4 rings (SSSR count). The molecular weight excluding hydrogens is 408 g/mol. The monoisotopic (exact) mass is 432 g/mol. The van der Waals surface area contributed by atoms with Gasteiger partial charge in [-0.05, 0) is 56.4 Å². The van der Waals surface area contributed by atoms with E-state index in [1.165, 1.54) is 4.31 Å². The highest BCUT2D eigenvalue weighted by molar-refractivity contribution is 7.98. The van der Waals surface area contributed by atoms with Crippen LogP contribution >= 0.6 is 11.8 Å². The number of aryl methyl sites for hydroxylation is 1. The number of hydrogen-bond donors (Lipinski definition) is 0. The maximum absolute atomic E-state index is 13.0. The lowest BCUT2D eigenvalue weighted by atomic mass is 10.0. The number of anilines is 1. The molecule has 0 saturated carbocycles. The van der Waals surface area contributed by atoms with Gasteiger partial charge < -0.3 is 4.74 Å². The van der Waals surface area contributed by atoms with Crippen LogP contribution in [-0.4, -0.2) is 44.2 Å². The van der Waals surface area contributed by atoms with Crippen molar-refractivity contribution in [3.05, 3.63) is 53.6 Å². The summed E-state index contributed by atoms with van der Waals surface area (Å²) in [5.74, 6) is 0. The van der Waals surface area contributed by atoms with Gasteiger partial charge >= 0.3 is 6.09 Å². The highest BCUT2D eigenvalue weighted by Gasteiger charge is 2.37. The first kappa shape index (κ1) is 20.3. The van der Waals surface area contributed by atoms with Crippen molar-refractivity contribution >= 4 is 33.6 Å². The molecule has 29 heavy (non-hydrogen) atoms. The minimum atomic E-state index is -3.53. The smallest absolute Gasteiger partial charge is 0.414 e. The summed E-state index contributed by atoms with van der Waals surface area (Å²) in [6.07, 6.45) is 2.75. The molecule has 2 aromatic carbocycles. The minimum Gasteiger partial charge on any atom is -0.444 e. The second kappa shape index (κ2) is 8.01. The number of ether oxygens (including phenoxy) is 1. The van der Waals surface area contributed by atoms with Crippen LogP contribution in [0.25, 0.3) is 0 Å². The van der Waals surface area contributed by atoms with E-state index in [1.54, 1.807) is 28.8 Å². The van der Waals surface area contributed by atoms with Crippen LogP contribution in [0.15, 0.2) is 52.3 Å². The Hall–Kier alpha value is -2.03. The highest BCUT2D eigenvalue weighted by Crippen LogP contribution is 2.33. The molecule has 0 N–H and O–H groups in total. The van der Waals surface area contributed by atoms with Gasteiger partial charge in [0.15, 0.2) is 0 Å². The summed E-state index contributed by atoms with van der Waals surface area (Å²) in [6, 6.07) is 12.9. The summed E-state index contributed by atoms with van der Waals surface area (Å²) in [5, 5.41) is 0. The molecule has 0 bridgehead atoms. The van der Waals surface area contributed by atoms with Gasteiger partial charge in [0.25, 0.3) is 0 Å². The molecule has 0 atom stereocenters. The van der Waals surface area contributed by atoms with Crippen molar-refractivity contribution in [1.82, 2.24) is 4.31 Å². The van der Waals surface area contributed by atoms with E-state index in [-0.39, 0.29) is 18.7 Å². The van der Waals surface area contributed by atoms with Gasteiger partial charge in [-0.3, -0.25) is 4.90 Å². The fraction of sp³-hybridized carbons (Fsp3) is 0.381. The van der Waals surface area contributed by atoms with Crippen LogP contribution in [0.3, 0.4) is 0 Å². The van der Waals surface area contributed by atoms with E-state index < -0.39 is 10.0 Å². The summed E-state index contributed by atoms with van der Waals surface area (Å²) in [7, 11) is -3.53. The van der Waals surface area contributed by atoms with Crippen molar-refractivity contribution in [2.24, 2.45) is 0 Å². The van der Waals surface area contributed by atoms with Crippen LogP contribution < -0.4 is 4.90 Å². The van der Waals surface area contributed by atoms with E-state index in [0.717, 1.165) is 21.7 Å². The third-order valence-corrected chi connectivity index (χ3v) is 8.18. The Morgan fingerprint density at radius 2 is 1.76 bits per heavy atom. The summed E-state index contributed by atoms with van der Waals surface area (Å²) < 4.78 is 32.8. The number of carbonyl (C=O) groups is 1. The molecule has 6 nitrogen and oxygen atoms in total. The van der Waals surface area contributed by atoms with Gasteiger partial charge in [0.05, 0.1) is 10.6 Å². The standard InChI is InChI=1S/C21H24N2O4S2/c1-15-3-8-20-16(13-15)14-27-21(24)23(20)17-9-11-22(12-10-17)29(25,26)19-6-4-18(28-2)5-7-19/h3-8,13,17H,9-12,14H2,1-2H3. The van der Waals surface area contributed by atoms with Gasteiger partial charge in [0.2, 0.25) is 10.0 Å². The van der Waals surface area contributed by atoms with Crippen molar-refractivity contribution in [1.29, 1.82) is 0 Å². The summed E-state index contributed by atoms with van der Waals surface area (Å²) in [4.78, 5) is 15.5. The Bertz CT molecular complexity index is 1010. The van der Waals surface area contributed by atoms with Gasteiger partial charge in [-0.2, -0.15) is 4.31 Å². The Kier molecular flexibility index (Phi) is 5.59. The molecule has 1 fully saturated rings. The summed E-state index contributed by atoms with van der Waals surface area (Å²) >= 11 is 1.58. The van der Waals surface area contributed by atoms with Crippen molar-refractivity contribution in [3.8, 4) is 0 Å².